The van der Waals surface area contributed by atoms with E-state index in [1.807, 2.05) is 0 Å². The second kappa shape index (κ2) is 5.87. The standard InChI is InChI=1S/C15H15FN2O3/c1-3-4-5-12(13(19)17-2)18-14(20)10-7-6-9(16)8-11(10)15(18)21/h3,6-8,12H,1,4-5H2,2H3,(H,17,19). The molecule has 5 nitrogen and oxygen atoms in total. The third kappa shape index (κ3) is 2.56. The van der Waals surface area contributed by atoms with Crippen LogP contribution in [0.3, 0.4) is 0 Å². The molecular weight excluding hydrogens is 275 g/mol. The van der Waals surface area contributed by atoms with Gasteiger partial charge >= 0.3 is 0 Å². The number of hydrogen-bond donors (Lipinski definition) is 1. The molecule has 1 atom stereocenters. The zero-order valence-corrected chi connectivity index (χ0v) is 11.6. The summed E-state index contributed by atoms with van der Waals surface area (Å²) in [6, 6.07) is 2.47. The highest BCUT2D eigenvalue weighted by Gasteiger charge is 2.42. The van der Waals surface area contributed by atoms with E-state index in [2.05, 4.69) is 11.9 Å². The Balaban J connectivity index is 2.39. The highest BCUT2D eigenvalue weighted by Crippen LogP contribution is 2.27. The second-order valence-corrected chi connectivity index (χ2v) is 4.67. The minimum absolute atomic E-state index is 0.00694. The predicted octanol–water partition coefficient (Wildman–Crippen LogP) is 1.50. The van der Waals surface area contributed by atoms with Crippen LogP contribution in [0.15, 0.2) is 30.9 Å². The molecule has 1 N–H and O–H groups in total. The Morgan fingerprint density at radius 1 is 1.38 bits per heavy atom. The van der Waals surface area contributed by atoms with Crippen LogP contribution in [-0.2, 0) is 4.79 Å². The van der Waals surface area contributed by atoms with E-state index >= 15 is 0 Å². The van der Waals surface area contributed by atoms with Gasteiger partial charge in [0.05, 0.1) is 11.1 Å². The van der Waals surface area contributed by atoms with Crippen molar-refractivity contribution in [2.24, 2.45) is 0 Å². The maximum absolute atomic E-state index is 13.2. The lowest BCUT2D eigenvalue weighted by Crippen LogP contribution is -2.48. The van der Waals surface area contributed by atoms with Crippen molar-refractivity contribution in [2.45, 2.75) is 18.9 Å². The fourth-order valence-electron chi connectivity index (χ4n) is 2.33. The summed E-state index contributed by atoms with van der Waals surface area (Å²) >= 11 is 0. The summed E-state index contributed by atoms with van der Waals surface area (Å²) in [5.41, 5.74) is 0.112. The van der Waals surface area contributed by atoms with Crippen molar-refractivity contribution in [1.82, 2.24) is 10.2 Å². The molecule has 110 valence electrons. The zero-order valence-electron chi connectivity index (χ0n) is 11.6. The van der Waals surface area contributed by atoms with Crippen LogP contribution < -0.4 is 5.32 Å². The molecule has 0 saturated heterocycles. The highest BCUT2D eigenvalue weighted by molar-refractivity contribution is 6.22. The van der Waals surface area contributed by atoms with Crippen LogP contribution in [0.2, 0.25) is 0 Å². The number of nitrogens with one attached hydrogen (secondary N) is 1. The number of nitrogens with zero attached hydrogens (tertiary/aromatic N) is 1. The van der Waals surface area contributed by atoms with Crippen molar-refractivity contribution in [3.05, 3.63) is 47.8 Å². The molecule has 1 aliphatic heterocycles. The van der Waals surface area contributed by atoms with E-state index in [-0.39, 0.29) is 17.5 Å². The first-order chi connectivity index (χ1) is 10.0. The second-order valence-electron chi connectivity index (χ2n) is 4.67. The SMILES string of the molecule is C=CCCC(C(=O)NC)N1C(=O)c2ccc(F)cc2C1=O. The molecule has 0 radical (unpaired) electrons. The molecular formula is C15H15FN2O3. The van der Waals surface area contributed by atoms with Gasteiger partial charge in [0.2, 0.25) is 5.91 Å². The number of carbonyl (C=O) groups is 3. The van der Waals surface area contributed by atoms with Crippen LogP contribution in [0.1, 0.15) is 33.6 Å². The van der Waals surface area contributed by atoms with E-state index in [0.717, 1.165) is 17.0 Å². The van der Waals surface area contributed by atoms with E-state index in [9.17, 15) is 18.8 Å². The molecule has 0 aliphatic carbocycles. The summed E-state index contributed by atoms with van der Waals surface area (Å²) in [4.78, 5) is 37.5. The highest BCUT2D eigenvalue weighted by atomic mass is 19.1. The number of imide groups is 1. The summed E-state index contributed by atoms with van der Waals surface area (Å²) in [6.45, 7) is 3.56. The van der Waals surface area contributed by atoms with E-state index in [0.29, 0.717) is 6.42 Å². The summed E-state index contributed by atoms with van der Waals surface area (Å²) in [7, 11) is 1.43. The lowest BCUT2D eigenvalue weighted by atomic mass is 10.1. The maximum Gasteiger partial charge on any atom is 0.262 e. The van der Waals surface area contributed by atoms with Gasteiger partial charge in [0.25, 0.3) is 11.8 Å². The van der Waals surface area contributed by atoms with E-state index in [1.165, 1.54) is 13.1 Å². The lowest BCUT2D eigenvalue weighted by molar-refractivity contribution is -0.124. The summed E-state index contributed by atoms with van der Waals surface area (Å²) < 4.78 is 13.2. The molecule has 3 amide bonds. The van der Waals surface area contributed by atoms with Gasteiger partial charge in [0.15, 0.2) is 0 Å². The van der Waals surface area contributed by atoms with Crippen molar-refractivity contribution in [2.75, 3.05) is 7.05 Å². The number of rotatable bonds is 5. The normalized spacial score (nSPS) is 14.9. The molecule has 1 aromatic carbocycles. The Morgan fingerprint density at radius 3 is 2.67 bits per heavy atom. The van der Waals surface area contributed by atoms with Crippen LogP contribution in [0, 0.1) is 5.82 Å². The monoisotopic (exact) mass is 290 g/mol. The molecule has 2 rings (SSSR count). The van der Waals surface area contributed by atoms with E-state index < -0.39 is 29.6 Å². The van der Waals surface area contributed by atoms with Crippen molar-refractivity contribution < 1.29 is 18.8 Å². The molecule has 1 aromatic rings. The third-order valence-corrected chi connectivity index (χ3v) is 3.38. The van der Waals surface area contributed by atoms with Gasteiger partial charge in [-0.2, -0.15) is 0 Å². The molecule has 1 unspecified atom stereocenters. The Labute approximate surface area is 121 Å². The molecule has 0 aromatic heterocycles. The topological polar surface area (TPSA) is 66.5 Å². The van der Waals surface area contributed by atoms with Crippen molar-refractivity contribution in [3.63, 3.8) is 0 Å². The van der Waals surface area contributed by atoms with Crippen molar-refractivity contribution in [1.29, 1.82) is 0 Å². The van der Waals surface area contributed by atoms with Gasteiger partial charge in [-0.05, 0) is 31.0 Å². The fourth-order valence-corrected chi connectivity index (χ4v) is 2.33. The van der Waals surface area contributed by atoms with Gasteiger partial charge in [-0.3, -0.25) is 19.3 Å². The molecule has 0 bridgehead atoms. The number of likely N-dealkylation sites (N-methyl/N-ethyl adjacent to an activating group) is 1. The molecule has 1 heterocycles. The smallest absolute Gasteiger partial charge is 0.262 e. The van der Waals surface area contributed by atoms with Crippen LogP contribution in [0.5, 0.6) is 0 Å². The number of hydrogen-bond acceptors (Lipinski definition) is 3. The van der Waals surface area contributed by atoms with Gasteiger partial charge in [-0.25, -0.2) is 4.39 Å². The number of amides is 3. The van der Waals surface area contributed by atoms with Crippen LogP contribution in [0.4, 0.5) is 4.39 Å². The van der Waals surface area contributed by atoms with Crippen LogP contribution in [-0.4, -0.2) is 35.7 Å². The Morgan fingerprint density at radius 2 is 2.05 bits per heavy atom. The van der Waals surface area contributed by atoms with Crippen LogP contribution in [0.25, 0.3) is 0 Å². The predicted molar refractivity (Wildman–Crippen MR) is 74.2 cm³/mol. The fraction of sp³-hybridized carbons (Fsp3) is 0.267. The molecule has 0 fully saturated rings. The number of fused-ring (bicyclic) bond motifs is 1. The van der Waals surface area contributed by atoms with Gasteiger partial charge < -0.3 is 5.32 Å². The largest absolute Gasteiger partial charge is 0.357 e. The Bertz CT molecular complexity index is 627. The first kappa shape index (κ1) is 14.9. The number of halogens is 1. The quantitative estimate of drug-likeness (QED) is 0.660. The zero-order chi connectivity index (χ0) is 15.6. The van der Waals surface area contributed by atoms with E-state index in [4.69, 9.17) is 0 Å². The van der Waals surface area contributed by atoms with Crippen molar-refractivity contribution in [3.8, 4) is 0 Å². The molecule has 1 aliphatic rings. The Hall–Kier alpha value is -2.50. The minimum atomic E-state index is -0.927. The number of benzene rings is 1. The third-order valence-electron chi connectivity index (χ3n) is 3.38. The first-order valence-electron chi connectivity index (χ1n) is 6.51. The molecule has 0 spiro atoms. The van der Waals surface area contributed by atoms with Gasteiger partial charge in [-0.1, -0.05) is 6.08 Å². The molecule has 21 heavy (non-hydrogen) atoms. The lowest BCUT2D eigenvalue weighted by Gasteiger charge is -2.24. The van der Waals surface area contributed by atoms with Gasteiger partial charge in [-0.15, -0.1) is 6.58 Å². The summed E-state index contributed by atoms with van der Waals surface area (Å²) in [5.74, 6) is -2.26. The van der Waals surface area contributed by atoms with Crippen molar-refractivity contribution >= 4 is 17.7 Å². The number of carbonyl (C=O) groups excluding carboxylic acids is 3. The maximum atomic E-state index is 13.2. The summed E-state index contributed by atoms with van der Waals surface area (Å²) in [6.07, 6.45) is 2.35. The first-order valence-corrected chi connectivity index (χ1v) is 6.51. The summed E-state index contributed by atoms with van der Waals surface area (Å²) in [5, 5.41) is 2.44. The minimum Gasteiger partial charge on any atom is -0.357 e. The average Bonchev–Trinajstić information content (AvgIpc) is 2.71. The van der Waals surface area contributed by atoms with Crippen LogP contribution >= 0.6 is 0 Å². The molecule has 6 heteroatoms. The average molecular weight is 290 g/mol. The van der Waals surface area contributed by atoms with Gasteiger partial charge in [0, 0.05) is 7.05 Å². The number of allylic oxidation sites excluding steroid dienone is 1. The Kier molecular flexibility index (Phi) is 4.16. The van der Waals surface area contributed by atoms with E-state index in [1.54, 1.807) is 6.08 Å². The van der Waals surface area contributed by atoms with Gasteiger partial charge in [0.1, 0.15) is 11.9 Å². The molecule has 0 saturated carbocycles.